The molecular formula is C14H22BrN3O2S. The fourth-order valence-electron chi connectivity index (χ4n) is 2.59. The highest BCUT2D eigenvalue weighted by Crippen LogP contribution is 2.19. The summed E-state index contributed by atoms with van der Waals surface area (Å²) < 4.78 is 30.3. The first kappa shape index (κ1) is 16.9. The van der Waals surface area contributed by atoms with Gasteiger partial charge in [0.2, 0.25) is 0 Å². The number of hydrogen-bond acceptors (Lipinski definition) is 3. The molecule has 1 aromatic carbocycles. The second-order valence-corrected chi connectivity index (χ2v) is 7.89. The minimum Gasteiger partial charge on any atom is -0.318 e. The van der Waals surface area contributed by atoms with Crippen molar-refractivity contribution in [3.05, 3.63) is 34.3 Å². The number of rotatable bonds is 6. The molecule has 2 N–H and O–H groups in total. The molecule has 7 heteroatoms. The zero-order valence-electron chi connectivity index (χ0n) is 12.2. The van der Waals surface area contributed by atoms with E-state index in [4.69, 9.17) is 0 Å². The van der Waals surface area contributed by atoms with Gasteiger partial charge < -0.3 is 5.32 Å². The number of hydrogen-bond donors (Lipinski definition) is 2. The molecule has 1 aromatic rings. The van der Waals surface area contributed by atoms with E-state index in [-0.39, 0.29) is 6.04 Å². The summed E-state index contributed by atoms with van der Waals surface area (Å²) in [5.74, 6) is 0. The summed E-state index contributed by atoms with van der Waals surface area (Å²) in [7, 11) is -1.58. The van der Waals surface area contributed by atoms with Gasteiger partial charge in [0.05, 0.1) is 0 Å². The molecule has 0 amide bonds. The molecule has 1 heterocycles. The van der Waals surface area contributed by atoms with Crippen LogP contribution in [0.3, 0.4) is 0 Å². The third-order valence-electron chi connectivity index (χ3n) is 3.69. The monoisotopic (exact) mass is 375 g/mol. The molecule has 5 nitrogen and oxygen atoms in total. The lowest BCUT2D eigenvalue weighted by molar-refractivity contribution is 0.246. The van der Waals surface area contributed by atoms with E-state index < -0.39 is 10.2 Å². The highest BCUT2D eigenvalue weighted by atomic mass is 79.9. The summed E-state index contributed by atoms with van der Waals surface area (Å²) >= 11 is 3.37. The van der Waals surface area contributed by atoms with Gasteiger partial charge in [0.1, 0.15) is 0 Å². The quantitative estimate of drug-likeness (QED) is 0.797. The molecule has 118 valence electrons. The Labute approximate surface area is 135 Å². The molecule has 1 fully saturated rings. The maximum atomic E-state index is 12.5. The standard InChI is InChI=1S/C14H22BrN3O2S/c1-16-11-14-4-2-3-9-18(14)21(19,20)17-10-12-5-7-13(15)8-6-12/h5-8,14,16-17H,2-4,9-11H2,1H3. The average molecular weight is 376 g/mol. The lowest BCUT2D eigenvalue weighted by Crippen LogP contribution is -2.51. The fraction of sp³-hybridized carbons (Fsp3) is 0.571. The lowest BCUT2D eigenvalue weighted by atomic mass is 10.1. The van der Waals surface area contributed by atoms with E-state index >= 15 is 0 Å². The minimum absolute atomic E-state index is 0.0474. The average Bonchev–Trinajstić information content (AvgIpc) is 2.47. The van der Waals surface area contributed by atoms with Crippen LogP contribution in [0.25, 0.3) is 0 Å². The van der Waals surface area contributed by atoms with E-state index in [0.717, 1.165) is 29.3 Å². The van der Waals surface area contributed by atoms with Gasteiger partial charge in [-0.1, -0.05) is 34.5 Å². The molecule has 1 atom stereocenters. The molecule has 1 aliphatic rings. The molecule has 0 radical (unpaired) electrons. The Morgan fingerprint density at radius 2 is 2.00 bits per heavy atom. The van der Waals surface area contributed by atoms with Gasteiger partial charge in [-0.25, -0.2) is 0 Å². The third kappa shape index (κ3) is 4.75. The first-order chi connectivity index (χ1) is 10.0. The Kier molecular flexibility index (Phi) is 6.19. The highest BCUT2D eigenvalue weighted by molar-refractivity contribution is 9.10. The Hall–Kier alpha value is -0.470. The molecular weight excluding hydrogens is 354 g/mol. The van der Waals surface area contributed by atoms with Crippen LogP contribution in [0.15, 0.2) is 28.7 Å². The first-order valence-electron chi connectivity index (χ1n) is 7.18. The van der Waals surface area contributed by atoms with Crippen molar-refractivity contribution in [1.82, 2.24) is 14.3 Å². The van der Waals surface area contributed by atoms with Crippen LogP contribution in [-0.2, 0) is 16.8 Å². The smallest absolute Gasteiger partial charge is 0.280 e. The molecule has 0 bridgehead atoms. The van der Waals surface area contributed by atoms with Crippen molar-refractivity contribution in [2.75, 3.05) is 20.1 Å². The summed E-state index contributed by atoms with van der Waals surface area (Å²) in [4.78, 5) is 0. The van der Waals surface area contributed by atoms with Crippen molar-refractivity contribution >= 4 is 26.1 Å². The van der Waals surface area contributed by atoms with E-state index in [9.17, 15) is 8.42 Å². The van der Waals surface area contributed by atoms with Gasteiger partial charge in [0.25, 0.3) is 10.2 Å². The fourth-order valence-corrected chi connectivity index (χ4v) is 4.31. The molecule has 1 saturated heterocycles. The maximum Gasteiger partial charge on any atom is 0.280 e. The Morgan fingerprint density at radius 3 is 2.67 bits per heavy atom. The minimum atomic E-state index is -3.43. The van der Waals surface area contributed by atoms with Crippen LogP contribution < -0.4 is 10.0 Å². The van der Waals surface area contributed by atoms with E-state index in [1.807, 2.05) is 31.3 Å². The normalized spacial score (nSPS) is 20.6. The third-order valence-corrected chi connectivity index (χ3v) is 5.83. The van der Waals surface area contributed by atoms with Crippen LogP contribution in [0.1, 0.15) is 24.8 Å². The van der Waals surface area contributed by atoms with Crippen LogP contribution in [0.5, 0.6) is 0 Å². The number of benzene rings is 1. The Morgan fingerprint density at radius 1 is 1.29 bits per heavy atom. The molecule has 0 saturated carbocycles. The number of piperidine rings is 1. The SMILES string of the molecule is CNCC1CCCCN1S(=O)(=O)NCc1ccc(Br)cc1. The van der Waals surface area contributed by atoms with Crippen molar-refractivity contribution < 1.29 is 8.42 Å². The Balaban J connectivity index is 2.00. The molecule has 0 aromatic heterocycles. The van der Waals surface area contributed by atoms with Gasteiger partial charge in [-0.05, 0) is 37.6 Å². The molecule has 0 aliphatic carbocycles. The molecule has 1 unspecified atom stereocenters. The van der Waals surface area contributed by atoms with Crippen molar-refractivity contribution in [2.45, 2.75) is 31.8 Å². The van der Waals surface area contributed by atoms with E-state index in [1.54, 1.807) is 4.31 Å². The van der Waals surface area contributed by atoms with Gasteiger partial charge in [-0.2, -0.15) is 17.4 Å². The van der Waals surface area contributed by atoms with Crippen LogP contribution in [-0.4, -0.2) is 38.9 Å². The number of likely N-dealkylation sites (N-methyl/N-ethyl adjacent to an activating group) is 1. The van der Waals surface area contributed by atoms with Gasteiger partial charge in [0.15, 0.2) is 0 Å². The number of nitrogens with zero attached hydrogens (tertiary/aromatic N) is 1. The number of nitrogens with one attached hydrogen (secondary N) is 2. The van der Waals surface area contributed by atoms with Gasteiger partial charge >= 0.3 is 0 Å². The topological polar surface area (TPSA) is 61.4 Å². The van der Waals surface area contributed by atoms with E-state index in [1.165, 1.54) is 0 Å². The summed E-state index contributed by atoms with van der Waals surface area (Å²) in [6.45, 7) is 1.61. The zero-order valence-corrected chi connectivity index (χ0v) is 14.6. The van der Waals surface area contributed by atoms with Crippen molar-refractivity contribution in [3.63, 3.8) is 0 Å². The zero-order chi connectivity index (χ0) is 15.3. The van der Waals surface area contributed by atoms with Crippen LogP contribution in [0, 0.1) is 0 Å². The second kappa shape index (κ2) is 7.69. The predicted molar refractivity (Wildman–Crippen MR) is 88.2 cm³/mol. The van der Waals surface area contributed by atoms with E-state index in [2.05, 4.69) is 26.0 Å². The lowest BCUT2D eigenvalue weighted by Gasteiger charge is -2.34. The van der Waals surface area contributed by atoms with Crippen molar-refractivity contribution in [1.29, 1.82) is 0 Å². The van der Waals surface area contributed by atoms with Gasteiger partial charge in [-0.15, -0.1) is 0 Å². The van der Waals surface area contributed by atoms with Gasteiger partial charge in [-0.3, -0.25) is 0 Å². The highest BCUT2D eigenvalue weighted by Gasteiger charge is 2.31. The maximum absolute atomic E-state index is 12.5. The van der Waals surface area contributed by atoms with Crippen molar-refractivity contribution in [2.24, 2.45) is 0 Å². The van der Waals surface area contributed by atoms with Gasteiger partial charge in [0, 0.05) is 30.1 Å². The molecule has 21 heavy (non-hydrogen) atoms. The summed E-state index contributed by atoms with van der Waals surface area (Å²) in [6, 6.07) is 7.69. The summed E-state index contributed by atoms with van der Waals surface area (Å²) in [5, 5.41) is 3.08. The summed E-state index contributed by atoms with van der Waals surface area (Å²) in [6.07, 6.45) is 2.94. The predicted octanol–water partition coefficient (Wildman–Crippen LogP) is 1.86. The van der Waals surface area contributed by atoms with Crippen molar-refractivity contribution in [3.8, 4) is 0 Å². The number of halogens is 1. The van der Waals surface area contributed by atoms with E-state index in [0.29, 0.717) is 19.6 Å². The van der Waals surface area contributed by atoms with Crippen LogP contribution in [0.2, 0.25) is 0 Å². The summed E-state index contributed by atoms with van der Waals surface area (Å²) in [5.41, 5.74) is 0.948. The largest absolute Gasteiger partial charge is 0.318 e. The Bertz CT molecular complexity index is 546. The van der Waals surface area contributed by atoms with Crippen LogP contribution >= 0.6 is 15.9 Å². The first-order valence-corrected chi connectivity index (χ1v) is 9.42. The molecule has 2 rings (SSSR count). The van der Waals surface area contributed by atoms with Crippen LogP contribution in [0.4, 0.5) is 0 Å². The molecule has 0 spiro atoms. The second-order valence-electron chi connectivity index (χ2n) is 5.27. The molecule has 1 aliphatic heterocycles.